The van der Waals surface area contributed by atoms with Crippen LogP contribution in [0.2, 0.25) is 0 Å². The van der Waals surface area contributed by atoms with Crippen LogP contribution >= 0.6 is 0 Å². The highest BCUT2D eigenvalue weighted by Crippen LogP contribution is 2.25. The molecule has 0 spiro atoms. The predicted octanol–water partition coefficient (Wildman–Crippen LogP) is 1.04. The van der Waals surface area contributed by atoms with Crippen molar-refractivity contribution < 1.29 is 13.2 Å². The molecule has 1 amide bonds. The average Bonchev–Trinajstić information content (AvgIpc) is 2.77. The van der Waals surface area contributed by atoms with Gasteiger partial charge in [-0.1, -0.05) is 0 Å². The van der Waals surface area contributed by atoms with Crippen molar-refractivity contribution in [1.29, 1.82) is 0 Å². The van der Waals surface area contributed by atoms with Gasteiger partial charge in [-0.2, -0.15) is 0 Å². The second-order valence-corrected chi connectivity index (χ2v) is 7.91. The Balaban J connectivity index is 1.95. The van der Waals surface area contributed by atoms with Crippen LogP contribution in [-0.4, -0.2) is 36.9 Å². The van der Waals surface area contributed by atoms with Gasteiger partial charge >= 0.3 is 0 Å². The van der Waals surface area contributed by atoms with Gasteiger partial charge in [-0.25, -0.2) is 8.42 Å². The van der Waals surface area contributed by atoms with Crippen molar-refractivity contribution in [3.8, 4) is 0 Å². The number of hydrogen-bond donors (Lipinski definition) is 2. The molecule has 2 aromatic rings. The second-order valence-electron chi connectivity index (χ2n) is 5.68. The van der Waals surface area contributed by atoms with E-state index in [0.717, 1.165) is 10.9 Å². The van der Waals surface area contributed by atoms with E-state index < -0.39 is 9.84 Å². The third-order valence-corrected chi connectivity index (χ3v) is 5.61. The van der Waals surface area contributed by atoms with E-state index >= 15 is 0 Å². The summed E-state index contributed by atoms with van der Waals surface area (Å²) in [5.74, 6) is -0.254. The molecule has 7 heteroatoms. The molecule has 1 aliphatic heterocycles. The molecule has 1 unspecified atom stereocenters. The Morgan fingerprint density at radius 3 is 2.82 bits per heavy atom. The van der Waals surface area contributed by atoms with Gasteiger partial charge in [0.05, 0.1) is 11.5 Å². The van der Waals surface area contributed by atoms with Crippen molar-refractivity contribution in [3.05, 3.63) is 35.7 Å². The van der Waals surface area contributed by atoms with Gasteiger partial charge in [0.25, 0.3) is 5.91 Å². The van der Waals surface area contributed by atoms with Crippen LogP contribution in [0, 0.1) is 6.92 Å². The molecule has 2 heterocycles. The summed E-state index contributed by atoms with van der Waals surface area (Å²) in [6, 6.07) is 5.12. The topological polar surface area (TPSA) is 102 Å². The fraction of sp³-hybridized carbons (Fsp3) is 0.333. The van der Waals surface area contributed by atoms with E-state index in [2.05, 4.69) is 10.3 Å². The monoisotopic (exact) mass is 319 g/mol. The minimum Gasteiger partial charge on any atom is -0.398 e. The van der Waals surface area contributed by atoms with Gasteiger partial charge in [-0.3, -0.25) is 9.78 Å². The normalized spacial score (nSPS) is 20.1. The molecule has 1 fully saturated rings. The van der Waals surface area contributed by atoms with Crippen molar-refractivity contribution in [2.75, 3.05) is 17.2 Å². The standard InChI is InChI=1S/C15H17N3O3S/c1-9-6-12-11(13(16)7-9)2-4-17-14(12)15(19)18-10-3-5-22(20,21)8-10/h2,4,6-7,10H,3,5,8,16H2,1H3,(H,18,19). The highest BCUT2D eigenvalue weighted by Gasteiger charge is 2.29. The number of nitrogens with two attached hydrogens (primary N) is 1. The van der Waals surface area contributed by atoms with Gasteiger partial charge in [-0.15, -0.1) is 0 Å². The van der Waals surface area contributed by atoms with Crippen LogP contribution in [0.4, 0.5) is 5.69 Å². The van der Waals surface area contributed by atoms with Crippen LogP contribution in [0.5, 0.6) is 0 Å². The number of aryl methyl sites for hydroxylation is 1. The van der Waals surface area contributed by atoms with Gasteiger partial charge in [0, 0.05) is 28.7 Å². The Labute approximate surface area is 128 Å². The van der Waals surface area contributed by atoms with Crippen LogP contribution in [0.15, 0.2) is 24.4 Å². The van der Waals surface area contributed by atoms with E-state index in [1.54, 1.807) is 6.07 Å². The van der Waals surface area contributed by atoms with Crippen LogP contribution in [-0.2, 0) is 9.84 Å². The zero-order valence-corrected chi connectivity index (χ0v) is 13.0. The number of sulfone groups is 1. The molecule has 1 atom stereocenters. The van der Waals surface area contributed by atoms with E-state index in [-0.39, 0.29) is 29.1 Å². The van der Waals surface area contributed by atoms with Gasteiger partial charge in [0.2, 0.25) is 0 Å². The highest BCUT2D eigenvalue weighted by atomic mass is 32.2. The molecular formula is C15H17N3O3S. The summed E-state index contributed by atoms with van der Waals surface area (Å²) in [5, 5.41) is 4.21. The highest BCUT2D eigenvalue weighted by molar-refractivity contribution is 7.91. The fourth-order valence-electron chi connectivity index (χ4n) is 2.81. The predicted molar refractivity (Wildman–Crippen MR) is 85.4 cm³/mol. The number of amides is 1. The number of nitrogen functional groups attached to an aromatic ring is 1. The van der Waals surface area contributed by atoms with Gasteiger partial charge in [0.15, 0.2) is 9.84 Å². The number of fused-ring (bicyclic) bond motifs is 1. The summed E-state index contributed by atoms with van der Waals surface area (Å²) in [6.07, 6.45) is 1.98. The molecule has 0 radical (unpaired) electrons. The lowest BCUT2D eigenvalue weighted by Gasteiger charge is -2.12. The largest absolute Gasteiger partial charge is 0.398 e. The average molecular weight is 319 g/mol. The maximum Gasteiger partial charge on any atom is 0.270 e. The molecule has 0 aliphatic carbocycles. The molecular weight excluding hydrogens is 302 g/mol. The molecule has 3 N–H and O–H groups in total. The molecule has 0 bridgehead atoms. The van der Waals surface area contributed by atoms with E-state index in [1.165, 1.54) is 6.20 Å². The van der Waals surface area contributed by atoms with Gasteiger partial charge in [-0.05, 0) is 37.1 Å². The number of rotatable bonds is 2. The Morgan fingerprint density at radius 1 is 1.36 bits per heavy atom. The molecule has 1 saturated heterocycles. The Hall–Kier alpha value is -2.15. The number of aromatic nitrogens is 1. The number of carbonyl (C=O) groups excluding carboxylic acids is 1. The Bertz CT molecular complexity index is 862. The maximum atomic E-state index is 12.4. The molecule has 116 valence electrons. The lowest BCUT2D eigenvalue weighted by Crippen LogP contribution is -2.36. The number of anilines is 1. The first-order chi connectivity index (χ1) is 10.4. The Kier molecular flexibility index (Phi) is 3.52. The zero-order valence-electron chi connectivity index (χ0n) is 12.2. The molecule has 1 aromatic carbocycles. The SMILES string of the molecule is Cc1cc(N)c2ccnc(C(=O)NC3CCS(=O)(=O)C3)c2c1. The third-order valence-electron chi connectivity index (χ3n) is 3.84. The van der Waals surface area contributed by atoms with Crippen molar-refractivity contribution >= 4 is 32.2 Å². The third kappa shape index (κ3) is 2.76. The molecule has 0 saturated carbocycles. The lowest BCUT2D eigenvalue weighted by atomic mass is 10.0. The quantitative estimate of drug-likeness (QED) is 0.805. The van der Waals surface area contributed by atoms with Crippen molar-refractivity contribution in [2.45, 2.75) is 19.4 Å². The van der Waals surface area contributed by atoms with Gasteiger partial charge < -0.3 is 11.1 Å². The van der Waals surface area contributed by atoms with Crippen molar-refractivity contribution in [3.63, 3.8) is 0 Å². The van der Waals surface area contributed by atoms with Crippen LogP contribution in [0.25, 0.3) is 10.8 Å². The summed E-state index contributed by atoms with van der Waals surface area (Å²) in [7, 11) is -3.03. The number of carbonyl (C=O) groups is 1. The Morgan fingerprint density at radius 2 is 2.14 bits per heavy atom. The first-order valence-electron chi connectivity index (χ1n) is 7.02. The number of pyridine rings is 1. The van der Waals surface area contributed by atoms with Gasteiger partial charge in [0.1, 0.15) is 5.69 Å². The van der Waals surface area contributed by atoms with E-state index in [9.17, 15) is 13.2 Å². The minimum absolute atomic E-state index is 0.00925. The first kappa shape index (κ1) is 14.8. The number of hydrogen-bond acceptors (Lipinski definition) is 5. The fourth-order valence-corrected chi connectivity index (χ4v) is 4.48. The zero-order chi connectivity index (χ0) is 15.9. The number of nitrogens with one attached hydrogen (secondary N) is 1. The summed E-state index contributed by atoms with van der Waals surface area (Å²) in [4.78, 5) is 16.6. The van der Waals surface area contributed by atoms with E-state index in [4.69, 9.17) is 5.73 Å². The molecule has 3 rings (SSSR count). The van der Waals surface area contributed by atoms with Crippen LogP contribution in [0.3, 0.4) is 0 Å². The lowest BCUT2D eigenvalue weighted by molar-refractivity contribution is 0.0938. The summed E-state index contributed by atoms with van der Waals surface area (Å²) in [6.45, 7) is 1.90. The molecule has 1 aromatic heterocycles. The van der Waals surface area contributed by atoms with E-state index in [1.807, 2.05) is 19.1 Å². The smallest absolute Gasteiger partial charge is 0.270 e. The van der Waals surface area contributed by atoms with E-state index in [0.29, 0.717) is 17.5 Å². The minimum atomic E-state index is -3.03. The molecule has 1 aliphatic rings. The van der Waals surface area contributed by atoms with Crippen LogP contribution in [0.1, 0.15) is 22.5 Å². The van der Waals surface area contributed by atoms with Crippen LogP contribution < -0.4 is 11.1 Å². The second kappa shape index (κ2) is 5.24. The first-order valence-corrected chi connectivity index (χ1v) is 8.84. The number of benzene rings is 1. The summed E-state index contributed by atoms with van der Waals surface area (Å²) in [5.41, 5.74) is 7.79. The molecule has 6 nitrogen and oxygen atoms in total. The van der Waals surface area contributed by atoms with Crippen molar-refractivity contribution in [1.82, 2.24) is 10.3 Å². The maximum absolute atomic E-state index is 12.4. The summed E-state index contributed by atoms with van der Waals surface area (Å²) < 4.78 is 23.0. The summed E-state index contributed by atoms with van der Waals surface area (Å²) >= 11 is 0. The number of nitrogens with zero attached hydrogens (tertiary/aromatic N) is 1. The van der Waals surface area contributed by atoms with Crippen molar-refractivity contribution in [2.24, 2.45) is 0 Å². The molecule has 22 heavy (non-hydrogen) atoms.